The highest BCUT2D eigenvalue weighted by Gasteiger charge is 2.20. The molecule has 1 N–H and O–H groups in total. The van der Waals surface area contributed by atoms with Crippen molar-refractivity contribution in [3.63, 3.8) is 0 Å². The molecule has 1 rings (SSSR count). The van der Waals surface area contributed by atoms with Crippen LogP contribution in [0.4, 0.5) is 0 Å². The lowest BCUT2D eigenvalue weighted by Crippen LogP contribution is -2.42. The summed E-state index contributed by atoms with van der Waals surface area (Å²) in [6.45, 7) is 1.59. The molecule has 0 spiro atoms. The predicted octanol–water partition coefficient (Wildman–Crippen LogP) is 1.000. The summed E-state index contributed by atoms with van der Waals surface area (Å²) in [5.74, 6) is 0.200. The Bertz CT molecular complexity index is 207. The van der Waals surface area contributed by atoms with E-state index < -0.39 is 0 Å². The third-order valence-corrected chi connectivity index (χ3v) is 2.17. The van der Waals surface area contributed by atoms with Crippen molar-refractivity contribution in [2.75, 3.05) is 0 Å². The minimum atomic E-state index is -0.0388. The summed E-state index contributed by atoms with van der Waals surface area (Å²) >= 11 is 0. The van der Waals surface area contributed by atoms with Crippen LogP contribution in [-0.2, 0) is 4.79 Å². The van der Waals surface area contributed by atoms with Gasteiger partial charge in [0, 0.05) is 12.5 Å². The van der Waals surface area contributed by atoms with E-state index in [1.807, 2.05) is 0 Å². The van der Waals surface area contributed by atoms with Crippen molar-refractivity contribution in [1.82, 2.24) is 5.32 Å². The summed E-state index contributed by atoms with van der Waals surface area (Å²) in [5.41, 5.74) is 0. The van der Waals surface area contributed by atoms with Crippen LogP contribution in [-0.4, -0.2) is 17.9 Å². The number of hydrogen-bond donors (Lipinski definition) is 1. The summed E-state index contributed by atoms with van der Waals surface area (Å²) in [6.07, 6.45) is 3.57. The predicted molar refractivity (Wildman–Crippen MR) is 45.5 cm³/mol. The van der Waals surface area contributed by atoms with Crippen molar-refractivity contribution in [3.8, 4) is 6.07 Å². The molecule has 0 aromatic carbocycles. The third kappa shape index (κ3) is 2.63. The van der Waals surface area contributed by atoms with Crippen molar-refractivity contribution in [1.29, 1.82) is 5.26 Å². The maximum absolute atomic E-state index is 10.8. The first-order chi connectivity index (χ1) is 5.72. The maximum atomic E-state index is 10.8. The molecule has 0 amide bonds. The van der Waals surface area contributed by atoms with E-state index in [4.69, 9.17) is 5.26 Å². The first-order valence-electron chi connectivity index (χ1n) is 4.37. The molecule has 3 heteroatoms. The average molecular weight is 166 g/mol. The van der Waals surface area contributed by atoms with Crippen LogP contribution in [0.2, 0.25) is 0 Å². The normalized spacial score (nSPS) is 29.3. The van der Waals surface area contributed by atoms with Crippen molar-refractivity contribution in [2.24, 2.45) is 0 Å². The lowest BCUT2D eigenvalue weighted by molar-refractivity contribution is -0.117. The SMILES string of the molecule is CC(=O)CC1CCCC(C#N)N1. The van der Waals surface area contributed by atoms with Crippen molar-refractivity contribution in [2.45, 2.75) is 44.7 Å². The molecule has 3 nitrogen and oxygen atoms in total. The Hall–Kier alpha value is -0.880. The highest BCUT2D eigenvalue weighted by Crippen LogP contribution is 2.14. The minimum Gasteiger partial charge on any atom is -0.300 e. The molecule has 0 aromatic rings. The topological polar surface area (TPSA) is 52.9 Å². The largest absolute Gasteiger partial charge is 0.300 e. The van der Waals surface area contributed by atoms with Crippen molar-refractivity contribution in [3.05, 3.63) is 0 Å². The molecular formula is C9H14N2O. The van der Waals surface area contributed by atoms with Crippen LogP contribution in [0.5, 0.6) is 0 Å². The maximum Gasteiger partial charge on any atom is 0.131 e. The number of hydrogen-bond acceptors (Lipinski definition) is 3. The zero-order valence-corrected chi connectivity index (χ0v) is 7.34. The van der Waals surface area contributed by atoms with Gasteiger partial charge in [-0.1, -0.05) is 0 Å². The fourth-order valence-corrected chi connectivity index (χ4v) is 1.63. The van der Waals surface area contributed by atoms with Gasteiger partial charge in [-0.15, -0.1) is 0 Å². The Morgan fingerprint density at radius 1 is 1.67 bits per heavy atom. The molecule has 1 saturated heterocycles. The highest BCUT2D eigenvalue weighted by molar-refractivity contribution is 5.76. The molecule has 2 atom stereocenters. The fourth-order valence-electron chi connectivity index (χ4n) is 1.63. The fraction of sp³-hybridized carbons (Fsp3) is 0.778. The molecule has 0 saturated carbocycles. The second-order valence-corrected chi connectivity index (χ2v) is 3.38. The molecule has 66 valence electrons. The van der Waals surface area contributed by atoms with E-state index in [-0.39, 0.29) is 17.9 Å². The number of nitrogens with one attached hydrogen (secondary N) is 1. The molecule has 0 radical (unpaired) electrons. The number of Topliss-reactive ketones (excluding diaryl/α,β-unsaturated/α-hetero) is 1. The van der Waals surface area contributed by atoms with E-state index in [0.29, 0.717) is 6.42 Å². The molecule has 1 aliphatic heterocycles. The molecule has 2 unspecified atom stereocenters. The van der Waals surface area contributed by atoms with Crippen LogP contribution < -0.4 is 5.32 Å². The van der Waals surface area contributed by atoms with Crippen molar-refractivity contribution >= 4 is 5.78 Å². The Kier molecular flexibility index (Phi) is 3.24. The number of nitrogens with zero attached hydrogens (tertiary/aromatic N) is 1. The van der Waals surface area contributed by atoms with Crippen LogP contribution >= 0.6 is 0 Å². The molecular weight excluding hydrogens is 152 g/mol. The standard InChI is InChI=1S/C9H14N2O/c1-7(12)5-8-3-2-4-9(6-10)11-8/h8-9,11H,2-5H2,1H3. The van der Waals surface area contributed by atoms with Crippen LogP contribution in [0.15, 0.2) is 0 Å². The summed E-state index contributed by atoms with van der Waals surface area (Å²) in [6, 6.07) is 2.38. The van der Waals surface area contributed by atoms with E-state index in [1.54, 1.807) is 6.92 Å². The van der Waals surface area contributed by atoms with Gasteiger partial charge in [0.1, 0.15) is 5.78 Å². The summed E-state index contributed by atoms with van der Waals surface area (Å²) in [5, 5.41) is 11.8. The van der Waals surface area contributed by atoms with Gasteiger partial charge in [-0.3, -0.25) is 10.1 Å². The van der Waals surface area contributed by atoms with Gasteiger partial charge in [0.15, 0.2) is 0 Å². The summed E-state index contributed by atoms with van der Waals surface area (Å²) < 4.78 is 0. The van der Waals surface area contributed by atoms with Gasteiger partial charge in [-0.2, -0.15) is 5.26 Å². The first-order valence-corrected chi connectivity index (χ1v) is 4.37. The van der Waals surface area contributed by atoms with E-state index in [0.717, 1.165) is 19.3 Å². The number of ketones is 1. The van der Waals surface area contributed by atoms with Gasteiger partial charge in [0.05, 0.1) is 12.1 Å². The number of piperidine rings is 1. The molecule has 1 aliphatic rings. The smallest absolute Gasteiger partial charge is 0.131 e. The number of carbonyl (C=O) groups is 1. The third-order valence-electron chi connectivity index (χ3n) is 2.17. The summed E-state index contributed by atoms with van der Waals surface area (Å²) in [7, 11) is 0. The second kappa shape index (κ2) is 4.22. The van der Waals surface area contributed by atoms with Gasteiger partial charge < -0.3 is 0 Å². The Balaban J connectivity index is 2.36. The van der Waals surface area contributed by atoms with Crippen molar-refractivity contribution < 1.29 is 4.79 Å². The molecule has 12 heavy (non-hydrogen) atoms. The van der Waals surface area contributed by atoms with Gasteiger partial charge >= 0.3 is 0 Å². The molecule has 0 bridgehead atoms. The van der Waals surface area contributed by atoms with Gasteiger partial charge in [-0.05, 0) is 26.2 Å². The monoisotopic (exact) mass is 166 g/mol. The van der Waals surface area contributed by atoms with Crippen LogP contribution in [0.25, 0.3) is 0 Å². The number of rotatable bonds is 2. The zero-order chi connectivity index (χ0) is 8.97. The zero-order valence-electron chi connectivity index (χ0n) is 7.34. The van der Waals surface area contributed by atoms with Gasteiger partial charge in [0.2, 0.25) is 0 Å². The van der Waals surface area contributed by atoms with Gasteiger partial charge in [0.25, 0.3) is 0 Å². The Labute approximate surface area is 72.8 Å². The van der Waals surface area contributed by atoms with E-state index in [2.05, 4.69) is 11.4 Å². The van der Waals surface area contributed by atoms with E-state index in [9.17, 15) is 4.79 Å². The molecule has 0 aliphatic carbocycles. The Morgan fingerprint density at radius 2 is 2.42 bits per heavy atom. The van der Waals surface area contributed by atoms with E-state index >= 15 is 0 Å². The minimum absolute atomic E-state index is 0.0388. The lowest BCUT2D eigenvalue weighted by atomic mass is 9.96. The molecule has 0 aromatic heterocycles. The lowest BCUT2D eigenvalue weighted by Gasteiger charge is -2.26. The van der Waals surface area contributed by atoms with E-state index in [1.165, 1.54) is 0 Å². The van der Waals surface area contributed by atoms with Crippen LogP contribution in [0.1, 0.15) is 32.6 Å². The Morgan fingerprint density at radius 3 is 3.00 bits per heavy atom. The van der Waals surface area contributed by atoms with Gasteiger partial charge in [-0.25, -0.2) is 0 Å². The highest BCUT2D eigenvalue weighted by atomic mass is 16.1. The average Bonchev–Trinajstić information content (AvgIpc) is 2.03. The second-order valence-electron chi connectivity index (χ2n) is 3.38. The first kappa shape index (κ1) is 9.21. The number of nitriles is 1. The van der Waals surface area contributed by atoms with Crippen LogP contribution in [0.3, 0.4) is 0 Å². The number of carbonyl (C=O) groups excluding carboxylic acids is 1. The molecule has 1 heterocycles. The van der Waals surface area contributed by atoms with Crippen LogP contribution in [0, 0.1) is 11.3 Å². The quantitative estimate of drug-likeness (QED) is 0.665. The molecule has 1 fully saturated rings. The summed E-state index contributed by atoms with van der Waals surface area (Å²) in [4.78, 5) is 10.8.